The van der Waals surface area contributed by atoms with E-state index in [1.807, 2.05) is 18.2 Å². The number of nitrogen functional groups attached to an aromatic ring is 1. The molecule has 0 aliphatic heterocycles. The first-order chi connectivity index (χ1) is 8.81. The van der Waals surface area contributed by atoms with Gasteiger partial charge in [0.05, 0.1) is 17.4 Å². The van der Waals surface area contributed by atoms with Gasteiger partial charge in [0, 0.05) is 5.39 Å². The highest BCUT2D eigenvalue weighted by Gasteiger charge is 2.00. The molecule has 0 aliphatic rings. The molecule has 2 nitrogen and oxygen atoms in total. The standard InChI is InChI=1S/C16H14N2/c17-15-10-14-9-13(6-7-16(14)18-11-15)8-12-4-2-1-3-5-12/h1-7,9-11H,8,17H2. The number of hydrogen-bond donors (Lipinski definition) is 1. The van der Waals surface area contributed by atoms with Crippen LogP contribution in [-0.2, 0) is 6.42 Å². The van der Waals surface area contributed by atoms with Crippen LogP contribution in [0.25, 0.3) is 10.9 Å². The van der Waals surface area contributed by atoms with E-state index in [4.69, 9.17) is 5.73 Å². The van der Waals surface area contributed by atoms with Crippen molar-refractivity contribution in [1.82, 2.24) is 4.98 Å². The molecule has 88 valence electrons. The van der Waals surface area contributed by atoms with Gasteiger partial charge in [-0.05, 0) is 35.7 Å². The number of pyridine rings is 1. The molecule has 0 unspecified atom stereocenters. The highest BCUT2D eigenvalue weighted by molar-refractivity contribution is 5.81. The van der Waals surface area contributed by atoms with Crippen molar-refractivity contribution in [3.8, 4) is 0 Å². The highest BCUT2D eigenvalue weighted by Crippen LogP contribution is 2.18. The first-order valence-corrected chi connectivity index (χ1v) is 5.99. The maximum absolute atomic E-state index is 5.76. The zero-order valence-corrected chi connectivity index (χ0v) is 10.0. The average molecular weight is 234 g/mol. The molecule has 18 heavy (non-hydrogen) atoms. The molecule has 0 saturated heterocycles. The Morgan fingerprint density at radius 1 is 0.889 bits per heavy atom. The van der Waals surface area contributed by atoms with Gasteiger partial charge >= 0.3 is 0 Å². The largest absolute Gasteiger partial charge is 0.397 e. The van der Waals surface area contributed by atoms with Crippen LogP contribution < -0.4 is 5.73 Å². The van der Waals surface area contributed by atoms with Crippen LogP contribution in [0, 0.1) is 0 Å². The van der Waals surface area contributed by atoms with Gasteiger partial charge in [-0.2, -0.15) is 0 Å². The Labute approximate surface area is 106 Å². The second kappa shape index (κ2) is 4.49. The fourth-order valence-electron chi connectivity index (χ4n) is 2.14. The van der Waals surface area contributed by atoms with Crippen molar-refractivity contribution < 1.29 is 0 Å². The minimum Gasteiger partial charge on any atom is -0.397 e. The van der Waals surface area contributed by atoms with Gasteiger partial charge in [0.2, 0.25) is 0 Å². The lowest BCUT2D eigenvalue weighted by Gasteiger charge is -2.04. The minimum atomic E-state index is 0.708. The SMILES string of the molecule is Nc1cnc2ccc(Cc3ccccc3)cc2c1. The molecule has 2 heteroatoms. The number of aromatic nitrogens is 1. The van der Waals surface area contributed by atoms with Gasteiger partial charge < -0.3 is 5.73 Å². The lowest BCUT2D eigenvalue weighted by atomic mass is 10.0. The quantitative estimate of drug-likeness (QED) is 0.738. The van der Waals surface area contributed by atoms with Crippen molar-refractivity contribution in [1.29, 1.82) is 0 Å². The second-order valence-corrected chi connectivity index (χ2v) is 4.46. The monoisotopic (exact) mass is 234 g/mol. The van der Waals surface area contributed by atoms with Crippen molar-refractivity contribution in [2.75, 3.05) is 5.73 Å². The van der Waals surface area contributed by atoms with Crippen LogP contribution in [0.4, 0.5) is 5.69 Å². The molecule has 0 atom stereocenters. The summed E-state index contributed by atoms with van der Waals surface area (Å²) in [6.45, 7) is 0. The van der Waals surface area contributed by atoms with Crippen LogP contribution in [0.15, 0.2) is 60.8 Å². The molecule has 1 aromatic heterocycles. The summed E-state index contributed by atoms with van der Waals surface area (Å²) in [6, 6.07) is 18.7. The molecular weight excluding hydrogens is 220 g/mol. The van der Waals surface area contributed by atoms with Crippen LogP contribution in [0.2, 0.25) is 0 Å². The predicted molar refractivity (Wildman–Crippen MR) is 75.4 cm³/mol. The number of nitrogens with two attached hydrogens (primary N) is 1. The van der Waals surface area contributed by atoms with Crippen LogP contribution in [0.5, 0.6) is 0 Å². The van der Waals surface area contributed by atoms with Crippen LogP contribution in [0.3, 0.4) is 0 Å². The zero-order chi connectivity index (χ0) is 12.4. The Morgan fingerprint density at radius 2 is 1.72 bits per heavy atom. The Morgan fingerprint density at radius 3 is 2.56 bits per heavy atom. The third-order valence-corrected chi connectivity index (χ3v) is 3.02. The van der Waals surface area contributed by atoms with E-state index >= 15 is 0 Å². The average Bonchev–Trinajstić information content (AvgIpc) is 2.39. The topological polar surface area (TPSA) is 38.9 Å². The van der Waals surface area contributed by atoms with E-state index in [1.165, 1.54) is 11.1 Å². The number of rotatable bonds is 2. The van der Waals surface area contributed by atoms with Gasteiger partial charge in [-0.15, -0.1) is 0 Å². The lowest BCUT2D eigenvalue weighted by molar-refractivity contribution is 1.20. The molecular formula is C16H14N2. The fraction of sp³-hybridized carbons (Fsp3) is 0.0625. The van der Waals surface area contributed by atoms with Crippen LogP contribution in [-0.4, -0.2) is 4.98 Å². The third-order valence-electron chi connectivity index (χ3n) is 3.02. The van der Waals surface area contributed by atoms with Gasteiger partial charge in [-0.1, -0.05) is 36.4 Å². The van der Waals surface area contributed by atoms with E-state index in [0.29, 0.717) is 5.69 Å². The van der Waals surface area contributed by atoms with E-state index in [-0.39, 0.29) is 0 Å². The lowest BCUT2D eigenvalue weighted by Crippen LogP contribution is -1.90. The van der Waals surface area contributed by atoms with E-state index in [1.54, 1.807) is 6.20 Å². The summed E-state index contributed by atoms with van der Waals surface area (Å²) >= 11 is 0. The molecule has 3 rings (SSSR count). The Bertz CT molecular complexity index is 675. The number of nitrogens with zero attached hydrogens (tertiary/aromatic N) is 1. The Kier molecular flexibility index (Phi) is 2.69. The van der Waals surface area contributed by atoms with Crippen molar-refractivity contribution in [3.63, 3.8) is 0 Å². The van der Waals surface area contributed by atoms with Crippen molar-refractivity contribution >= 4 is 16.6 Å². The van der Waals surface area contributed by atoms with E-state index in [2.05, 4.69) is 41.4 Å². The molecule has 2 N–H and O–H groups in total. The summed E-state index contributed by atoms with van der Waals surface area (Å²) in [4.78, 5) is 4.30. The number of anilines is 1. The molecule has 0 bridgehead atoms. The van der Waals surface area contributed by atoms with Gasteiger partial charge in [0.1, 0.15) is 0 Å². The third kappa shape index (κ3) is 2.18. The summed E-state index contributed by atoms with van der Waals surface area (Å²) in [5.41, 5.74) is 10.1. The molecule has 0 spiro atoms. The van der Waals surface area contributed by atoms with Crippen molar-refractivity contribution in [3.05, 3.63) is 71.9 Å². The second-order valence-electron chi connectivity index (χ2n) is 4.46. The van der Waals surface area contributed by atoms with Crippen LogP contribution >= 0.6 is 0 Å². The Balaban J connectivity index is 1.98. The summed E-state index contributed by atoms with van der Waals surface area (Å²) in [5.74, 6) is 0. The smallest absolute Gasteiger partial charge is 0.0703 e. The van der Waals surface area contributed by atoms with E-state index in [0.717, 1.165) is 17.3 Å². The summed E-state index contributed by atoms with van der Waals surface area (Å²) in [6.07, 6.45) is 2.63. The molecule has 1 heterocycles. The van der Waals surface area contributed by atoms with Gasteiger partial charge in [0.15, 0.2) is 0 Å². The molecule has 0 aliphatic carbocycles. The zero-order valence-electron chi connectivity index (χ0n) is 10.0. The van der Waals surface area contributed by atoms with Crippen molar-refractivity contribution in [2.24, 2.45) is 0 Å². The first-order valence-electron chi connectivity index (χ1n) is 5.99. The number of fused-ring (bicyclic) bond motifs is 1. The highest BCUT2D eigenvalue weighted by atomic mass is 14.7. The number of benzene rings is 2. The molecule has 2 aromatic carbocycles. The van der Waals surface area contributed by atoms with Gasteiger partial charge in [-0.25, -0.2) is 0 Å². The molecule has 0 amide bonds. The summed E-state index contributed by atoms with van der Waals surface area (Å²) in [7, 11) is 0. The van der Waals surface area contributed by atoms with Gasteiger partial charge in [-0.3, -0.25) is 4.98 Å². The molecule has 0 radical (unpaired) electrons. The molecule has 0 fully saturated rings. The number of hydrogen-bond acceptors (Lipinski definition) is 2. The van der Waals surface area contributed by atoms with Crippen molar-refractivity contribution in [2.45, 2.75) is 6.42 Å². The Hall–Kier alpha value is -2.35. The fourth-order valence-corrected chi connectivity index (χ4v) is 2.14. The van der Waals surface area contributed by atoms with Gasteiger partial charge in [0.25, 0.3) is 0 Å². The van der Waals surface area contributed by atoms with E-state index < -0.39 is 0 Å². The summed E-state index contributed by atoms with van der Waals surface area (Å²) in [5, 5.41) is 1.10. The predicted octanol–water partition coefficient (Wildman–Crippen LogP) is 3.41. The molecule has 0 saturated carbocycles. The maximum Gasteiger partial charge on any atom is 0.0703 e. The summed E-state index contributed by atoms with van der Waals surface area (Å²) < 4.78 is 0. The molecule has 3 aromatic rings. The van der Waals surface area contributed by atoms with E-state index in [9.17, 15) is 0 Å². The minimum absolute atomic E-state index is 0.708. The maximum atomic E-state index is 5.76. The first kappa shape index (κ1) is 10.8. The normalized spacial score (nSPS) is 10.7. The van der Waals surface area contributed by atoms with Crippen LogP contribution in [0.1, 0.15) is 11.1 Å².